The normalized spacial score (nSPS) is 14.6. The maximum Gasteiger partial charge on any atom is 0.221 e. The molecule has 2 rings (SSSR count). The van der Waals surface area contributed by atoms with Gasteiger partial charge < -0.3 is 10.6 Å². The molecule has 17 heavy (non-hydrogen) atoms. The highest BCUT2D eigenvalue weighted by Gasteiger charge is 2.19. The van der Waals surface area contributed by atoms with E-state index in [9.17, 15) is 4.79 Å². The van der Waals surface area contributed by atoms with Crippen molar-refractivity contribution in [3.8, 4) is 0 Å². The highest BCUT2D eigenvalue weighted by atomic mass is 16.1. The number of nitrogens with one attached hydrogen (secondary N) is 2. The van der Waals surface area contributed by atoms with Crippen LogP contribution in [0.2, 0.25) is 0 Å². The summed E-state index contributed by atoms with van der Waals surface area (Å²) in [5, 5.41) is 6.27. The zero-order valence-electron chi connectivity index (χ0n) is 10.3. The van der Waals surface area contributed by atoms with Gasteiger partial charge in [0.25, 0.3) is 0 Å². The average Bonchev–Trinajstić information content (AvgIpc) is 2.71. The zero-order chi connectivity index (χ0) is 12.1. The molecule has 3 nitrogen and oxygen atoms in total. The molecule has 0 atom stereocenters. The van der Waals surface area contributed by atoms with E-state index in [-0.39, 0.29) is 5.91 Å². The maximum atomic E-state index is 11.3. The van der Waals surface area contributed by atoms with Crippen LogP contribution in [0.25, 0.3) is 0 Å². The fourth-order valence-electron chi connectivity index (χ4n) is 2.38. The summed E-state index contributed by atoms with van der Waals surface area (Å²) in [5.74, 6) is 0.135. The summed E-state index contributed by atoms with van der Waals surface area (Å²) in [7, 11) is 0. The minimum atomic E-state index is 0.135. The van der Waals surface area contributed by atoms with Gasteiger partial charge in [0.05, 0.1) is 0 Å². The molecule has 0 saturated carbocycles. The Balaban J connectivity index is 1.72. The van der Waals surface area contributed by atoms with E-state index in [1.165, 1.54) is 11.1 Å². The quantitative estimate of drug-likeness (QED) is 0.802. The number of amides is 1. The van der Waals surface area contributed by atoms with Crippen LogP contribution in [-0.4, -0.2) is 25.0 Å². The molecule has 1 aliphatic rings. The van der Waals surface area contributed by atoms with Crippen LogP contribution in [-0.2, 0) is 17.6 Å². The Morgan fingerprint density at radius 2 is 1.94 bits per heavy atom. The Labute approximate surface area is 103 Å². The summed E-state index contributed by atoms with van der Waals surface area (Å²) in [6.07, 6.45) is 2.75. The molecule has 0 aromatic heterocycles. The first-order chi connectivity index (χ1) is 8.29. The van der Waals surface area contributed by atoms with E-state index in [2.05, 4.69) is 34.9 Å². The Morgan fingerprint density at radius 3 is 2.53 bits per heavy atom. The third-order valence-electron chi connectivity index (χ3n) is 3.21. The predicted octanol–water partition coefficient (Wildman–Crippen LogP) is 1.27. The molecule has 1 aliphatic carbocycles. The molecule has 1 amide bonds. The molecule has 0 fully saturated rings. The minimum Gasteiger partial charge on any atom is -0.356 e. The SMILES string of the molecule is CCNC(=O)CCNC1Cc2ccccc2C1. The van der Waals surface area contributed by atoms with Gasteiger partial charge in [-0.15, -0.1) is 0 Å². The van der Waals surface area contributed by atoms with E-state index in [0.717, 1.165) is 19.4 Å². The number of carbonyl (C=O) groups is 1. The second kappa shape index (κ2) is 5.82. The number of benzene rings is 1. The van der Waals surface area contributed by atoms with E-state index in [1.54, 1.807) is 0 Å². The topological polar surface area (TPSA) is 41.1 Å². The fourth-order valence-corrected chi connectivity index (χ4v) is 2.38. The van der Waals surface area contributed by atoms with Crippen LogP contribution in [0.5, 0.6) is 0 Å². The van der Waals surface area contributed by atoms with E-state index in [4.69, 9.17) is 0 Å². The van der Waals surface area contributed by atoms with E-state index in [0.29, 0.717) is 19.0 Å². The van der Waals surface area contributed by atoms with E-state index in [1.807, 2.05) is 6.92 Å². The molecule has 0 aliphatic heterocycles. The van der Waals surface area contributed by atoms with Gasteiger partial charge >= 0.3 is 0 Å². The van der Waals surface area contributed by atoms with Gasteiger partial charge in [-0.05, 0) is 30.9 Å². The van der Waals surface area contributed by atoms with E-state index >= 15 is 0 Å². The first-order valence-electron chi connectivity index (χ1n) is 6.36. The monoisotopic (exact) mass is 232 g/mol. The lowest BCUT2D eigenvalue weighted by Crippen LogP contribution is -2.33. The Morgan fingerprint density at radius 1 is 1.29 bits per heavy atom. The molecule has 92 valence electrons. The van der Waals surface area contributed by atoms with Crippen molar-refractivity contribution in [2.75, 3.05) is 13.1 Å². The van der Waals surface area contributed by atoms with Gasteiger partial charge in [-0.2, -0.15) is 0 Å². The summed E-state index contributed by atoms with van der Waals surface area (Å²) < 4.78 is 0. The molecule has 1 aromatic carbocycles. The van der Waals surface area contributed by atoms with Crippen molar-refractivity contribution in [2.24, 2.45) is 0 Å². The highest BCUT2D eigenvalue weighted by Crippen LogP contribution is 2.21. The van der Waals surface area contributed by atoms with Crippen molar-refractivity contribution in [1.29, 1.82) is 0 Å². The largest absolute Gasteiger partial charge is 0.356 e. The molecule has 3 heteroatoms. The molecule has 2 N–H and O–H groups in total. The fraction of sp³-hybridized carbons (Fsp3) is 0.500. The number of hydrogen-bond acceptors (Lipinski definition) is 2. The standard InChI is InChI=1S/C14H20N2O/c1-2-15-14(17)7-8-16-13-9-11-5-3-4-6-12(11)10-13/h3-6,13,16H,2,7-10H2,1H3,(H,15,17). The zero-order valence-corrected chi connectivity index (χ0v) is 10.3. The van der Waals surface area contributed by atoms with Gasteiger partial charge in [0.2, 0.25) is 5.91 Å². The Kier molecular flexibility index (Phi) is 4.15. The van der Waals surface area contributed by atoms with Gasteiger partial charge in [-0.25, -0.2) is 0 Å². The molecule has 0 unspecified atom stereocenters. The molecule has 0 spiro atoms. The molecule has 0 radical (unpaired) electrons. The van der Waals surface area contributed by atoms with Gasteiger partial charge in [-0.1, -0.05) is 24.3 Å². The van der Waals surface area contributed by atoms with Gasteiger partial charge in [-0.3, -0.25) is 4.79 Å². The van der Waals surface area contributed by atoms with E-state index < -0.39 is 0 Å². The number of hydrogen-bond donors (Lipinski definition) is 2. The van der Waals surface area contributed by atoms with Gasteiger partial charge in [0.1, 0.15) is 0 Å². The van der Waals surface area contributed by atoms with Crippen molar-refractivity contribution in [3.63, 3.8) is 0 Å². The third kappa shape index (κ3) is 3.30. The second-order valence-corrected chi connectivity index (χ2v) is 4.53. The van der Waals surface area contributed by atoms with Crippen LogP contribution < -0.4 is 10.6 Å². The second-order valence-electron chi connectivity index (χ2n) is 4.53. The van der Waals surface area contributed by atoms with Crippen molar-refractivity contribution in [3.05, 3.63) is 35.4 Å². The first-order valence-corrected chi connectivity index (χ1v) is 6.36. The van der Waals surface area contributed by atoms with Crippen molar-refractivity contribution in [2.45, 2.75) is 32.2 Å². The summed E-state index contributed by atoms with van der Waals surface area (Å²) >= 11 is 0. The minimum absolute atomic E-state index is 0.135. The smallest absolute Gasteiger partial charge is 0.221 e. The number of fused-ring (bicyclic) bond motifs is 1. The molecule has 0 saturated heterocycles. The summed E-state index contributed by atoms with van der Waals surface area (Å²) in [4.78, 5) is 11.3. The number of rotatable bonds is 5. The van der Waals surface area contributed by atoms with Crippen molar-refractivity contribution in [1.82, 2.24) is 10.6 Å². The van der Waals surface area contributed by atoms with Gasteiger partial charge in [0, 0.05) is 25.6 Å². The van der Waals surface area contributed by atoms with Crippen LogP contribution in [0.3, 0.4) is 0 Å². The highest BCUT2D eigenvalue weighted by molar-refractivity contribution is 5.75. The summed E-state index contributed by atoms with van der Waals surface area (Å²) in [6.45, 7) is 3.43. The predicted molar refractivity (Wildman–Crippen MR) is 68.9 cm³/mol. The van der Waals surface area contributed by atoms with Crippen LogP contribution in [0.4, 0.5) is 0 Å². The average molecular weight is 232 g/mol. The Hall–Kier alpha value is -1.35. The van der Waals surface area contributed by atoms with Crippen molar-refractivity contribution >= 4 is 5.91 Å². The van der Waals surface area contributed by atoms with Crippen LogP contribution >= 0.6 is 0 Å². The lowest BCUT2D eigenvalue weighted by molar-refractivity contribution is -0.120. The molecular formula is C14H20N2O. The van der Waals surface area contributed by atoms with Crippen LogP contribution in [0, 0.1) is 0 Å². The maximum absolute atomic E-state index is 11.3. The lowest BCUT2D eigenvalue weighted by atomic mass is 10.1. The molecule has 0 bridgehead atoms. The molecule has 1 aromatic rings. The van der Waals surface area contributed by atoms with Gasteiger partial charge in [0.15, 0.2) is 0 Å². The summed E-state index contributed by atoms with van der Waals surface area (Å²) in [6, 6.07) is 9.08. The van der Waals surface area contributed by atoms with Crippen molar-refractivity contribution < 1.29 is 4.79 Å². The van der Waals surface area contributed by atoms with Crippen LogP contribution in [0.1, 0.15) is 24.5 Å². The molecular weight excluding hydrogens is 212 g/mol. The first kappa shape index (κ1) is 12.1. The lowest BCUT2D eigenvalue weighted by Gasteiger charge is -2.11. The Bertz CT molecular complexity index is 365. The summed E-state index contributed by atoms with van der Waals surface area (Å²) in [5.41, 5.74) is 2.89. The third-order valence-corrected chi connectivity index (χ3v) is 3.21. The van der Waals surface area contributed by atoms with Crippen LogP contribution in [0.15, 0.2) is 24.3 Å². The number of carbonyl (C=O) groups excluding carboxylic acids is 1. The molecule has 0 heterocycles.